The van der Waals surface area contributed by atoms with E-state index in [0.717, 1.165) is 12.1 Å². The van der Waals surface area contributed by atoms with Crippen LogP contribution in [-0.4, -0.2) is 25.7 Å². The molecule has 1 N–H and O–H groups in total. The van der Waals surface area contributed by atoms with Gasteiger partial charge in [0.15, 0.2) is 0 Å². The number of alkyl halides is 3. The summed E-state index contributed by atoms with van der Waals surface area (Å²) in [6.45, 7) is 0. The van der Waals surface area contributed by atoms with E-state index >= 15 is 0 Å². The van der Waals surface area contributed by atoms with Crippen LogP contribution in [0, 0.1) is 0 Å². The maximum atomic E-state index is 13.1. The molecule has 1 amide bonds. The SMILES string of the molecule is Cn1cc(NC(=O)c2ccccc2C(F)(F)F)c(-c2cncnc2)n1. The summed E-state index contributed by atoms with van der Waals surface area (Å²) >= 11 is 0. The van der Waals surface area contributed by atoms with Gasteiger partial charge in [0.2, 0.25) is 0 Å². The number of amides is 1. The molecule has 0 aliphatic rings. The molecule has 0 radical (unpaired) electrons. The number of hydrogen-bond donors (Lipinski definition) is 1. The van der Waals surface area contributed by atoms with E-state index < -0.39 is 23.2 Å². The minimum atomic E-state index is -4.63. The zero-order chi connectivity index (χ0) is 18.0. The van der Waals surface area contributed by atoms with Crippen LogP contribution in [0.15, 0.2) is 49.2 Å². The van der Waals surface area contributed by atoms with Gasteiger partial charge in [0, 0.05) is 31.2 Å². The largest absolute Gasteiger partial charge is 0.417 e. The van der Waals surface area contributed by atoms with Crippen LogP contribution in [-0.2, 0) is 13.2 Å². The van der Waals surface area contributed by atoms with Crippen molar-refractivity contribution in [3.63, 3.8) is 0 Å². The molecule has 0 bridgehead atoms. The van der Waals surface area contributed by atoms with Crippen molar-refractivity contribution in [2.24, 2.45) is 7.05 Å². The first-order valence-corrected chi connectivity index (χ1v) is 7.13. The van der Waals surface area contributed by atoms with Crippen LogP contribution in [0.1, 0.15) is 15.9 Å². The molecule has 0 aliphatic heterocycles. The highest BCUT2D eigenvalue weighted by atomic mass is 19.4. The number of rotatable bonds is 3. The summed E-state index contributed by atoms with van der Waals surface area (Å²) < 4.78 is 40.7. The zero-order valence-electron chi connectivity index (χ0n) is 12.9. The third-order valence-corrected chi connectivity index (χ3v) is 3.39. The Bertz CT molecular complexity index is 906. The third-order valence-electron chi connectivity index (χ3n) is 3.39. The zero-order valence-corrected chi connectivity index (χ0v) is 12.9. The summed E-state index contributed by atoms with van der Waals surface area (Å²) in [4.78, 5) is 20.1. The van der Waals surface area contributed by atoms with Crippen molar-refractivity contribution in [1.82, 2.24) is 19.7 Å². The van der Waals surface area contributed by atoms with E-state index in [1.807, 2.05) is 0 Å². The summed E-state index contributed by atoms with van der Waals surface area (Å²) in [5, 5.41) is 6.68. The molecule has 0 spiro atoms. The monoisotopic (exact) mass is 347 g/mol. The average Bonchev–Trinajstić information content (AvgIpc) is 2.95. The Morgan fingerprint density at radius 2 is 1.84 bits per heavy atom. The van der Waals surface area contributed by atoms with E-state index in [2.05, 4.69) is 20.4 Å². The number of nitrogens with zero attached hydrogens (tertiary/aromatic N) is 4. The molecule has 1 aromatic carbocycles. The van der Waals surface area contributed by atoms with Crippen molar-refractivity contribution in [2.75, 3.05) is 5.32 Å². The smallest absolute Gasteiger partial charge is 0.319 e. The fourth-order valence-electron chi connectivity index (χ4n) is 2.33. The minimum Gasteiger partial charge on any atom is -0.319 e. The van der Waals surface area contributed by atoms with Crippen LogP contribution in [0.2, 0.25) is 0 Å². The van der Waals surface area contributed by atoms with Crippen molar-refractivity contribution in [3.05, 3.63) is 60.3 Å². The van der Waals surface area contributed by atoms with Gasteiger partial charge in [-0.05, 0) is 12.1 Å². The molecule has 2 heterocycles. The van der Waals surface area contributed by atoms with Gasteiger partial charge in [-0.1, -0.05) is 12.1 Å². The van der Waals surface area contributed by atoms with Crippen LogP contribution in [0.4, 0.5) is 18.9 Å². The lowest BCUT2D eigenvalue weighted by atomic mass is 10.1. The first kappa shape index (κ1) is 16.6. The number of carbonyl (C=O) groups excluding carboxylic acids is 1. The highest BCUT2D eigenvalue weighted by Crippen LogP contribution is 2.33. The number of benzene rings is 1. The Kier molecular flexibility index (Phi) is 4.22. The average molecular weight is 347 g/mol. The second-order valence-corrected chi connectivity index (χ2v) is 5.19. The minimum absolute atomic E-state index is 0.263. The van der Waals surface area contributed by atoms with Crippen LogP contribution >= 0.6 is 0 Å². The van der Waals surface area contributed by atoms with Crippen molar-refractivity contribution in [3.8, 4) is 11.3 Å². The van der Waals surface area contributed by atoms with Crippen molar-refractivity contribution < 1.29 is 18.0 Å². The van der Waals surface area contributed by atoms with Crippen LogP contribution in [0.25, 0.3) is 11.3 Å². The summed E-state index contributed by atoms with van der Waals surface area (Å²) in [5.41, 5.74) is -0.308. The lowest BCUT2D eigenvalue weighted by molar-refractivity contribution is -0.137. The lowest BCUT2D eigenvalue weighted by Crippen LogP contribution is -2.18. The summed E-state index contributed by atoms with van der Waals surface area (Å²) in [7, 11) is 1.63. The van der Waals surface area contributed by atoms with Gasteiger partial charge in [-0.25, -0.2) is 9.97 Å². The van der Waals surface area contributed by atoms with Gasteiger partial charge in [0.25, 0.3) is 5.91 Å². The van der Waals surface area contributed by atoms with Crippen molar-refractivity contribution in [2.45, 2.75) is 6.18 Å². The van der Waals surface area contributed by atoms with Gasteiger partial charge in [-0.3, -0.25) is 9.48 Å². The molecule has 0 fully saturated rings. The van der Waals surface area contributed by atoms with Crippen molar-refractivity contribution >= 4 is 11.6 Å². The standard InChI is InChI=1S/C16H12F3N5O/c1-24-8-13(14(23-24)10-6-20-9-21-7-10)22-15(25)11-4-2-3-5-12(11)16(17,18)19/h2-9H,1H3,(H,22,25). The fraction of sp³-hybridized carbons (Fsp3) is 0.125. The molecule has 2 aromatic heterocycles. The molecular formula is C16H12F3N5O. The number of anilines is 1. The molecule has 0 atom stereocenters. The Morgan fingerprint density at radius 3 is 2.52 bits per heavy atom. The molecule has 0 unspecified atom stereocenters. The van der Waals surface area contributed by atoms with E-state index in [-0.39, 0.29) is 5.69 Å². The van der Waals surface area contributed by atoms with Gasteiger partial charge in [0.05, 0.1) is 16.8 Å². The highest BCUT2D eigenvalue weighted by Gasteiger charge is 2.35. The topological polar surface area (TPSA) is 72.7 Å². The Balaban J connectivity index is 1.96. The van der Waals surface area contributed by atoms with Gasteiger partial charge in [-0.15, -0.1) is 0 Å². The molecule has 128 valence electrons. The molecule has 25 heavy (non-hydrogen) atoms. The summed E-state index contributed by atoms with van der Waals surface area (Å²) in [6.07, 6.45) is 1.20. The first-order chi connectivity index (χ1) is 11.9. The van der Waals surface area contributed by atoms with E-state index in [1.165, 1.54) is 41.7 Å². The van der Waals surface area contributed by atoms with Crippen LogP contribution in [0.3, 0.4) is 0 Å². The molecule has 3 aromatic rings. The number of nitrogens with one attached hydrogen (secondary N) is 1. The highest BCUT2D eigenvalue weighted by molar-refractivity contribution is 6.06. The number of aromatic nitrogens is 4. The normalized spacial score (nSPS) is 11.4. The second kappa shape index (κ2) is 6.34. The van der Waals surface area contributed by atoms with E-state index in [9.17, 15) is 18.0 Å². The Morgan fingerprint density at radius 1 is 1.16 bits per heavy atom. The molecule has 0 saturated heterocycles. The number of halogens is 3. The number of hydrogen-bond acceptors (Lipinski definition) is 4. The van der Waals surface area contributed by atoms with Crippen LogP contribution in [0.5, 0.6) is 0 Å². The molecule has 3 rings (SSSR count). The number of carbonyl (C=O) groups is 1. The van der Waals surface area contributed by atoms with E-state index in [0.29, 0.717) is 11.3 Å². The van der Waals surface area contributed by atoms with E-state index in [1.54, 1.807) is 7.05 Å². The Labute approximate surface area is 140 Å². The first-order valence-electron chi connectivity index (χ1n) is 7.13. The predicted molar refractivity (Wildman–Crippen MR) is 83.6 cm³/mol. The molecule has 9 heteroatoms. The van der Waals surface area contributed by atoms with Gasteiger partial charge >= 0.3 is 6.18 Å². The summed E-state index contributed by atoms with van der Waals surface area (Å²) in [6, 6.07) is 4.60. The molecular weight excluding hydrogens is 335 g/mol. The predicted octanol–water partition coefficient (Wildman–Crippen LogP) is 3.15. The van der Waals surface area contributed by atoms with Gasteiger partial charge in [0.1, 0.15) is 12.0 Å². The summed E-state index contributed by atoms with van der Waals surface area (Å²) in [5.74, 6) is -0.876. The van der Waals surface area contributed by atoms with E-state index in [4.69, 9.17) is 0 Å². The maximum absolute atomic E-state index is 13.1. The molecule has 0 saturated carbocycles. The molecule has 0 aliphatic carbocycles. The third kappa shape index (κ3) is 3.49. The number of aryl methyl sites for hydroxylation is 1. The maximum Gasteiger partial charge on any atom is 0.417 e. The van der Waals surface area contributed by atoms with Gasteiger partial charge in [-0.2, -0.15) is 18.3 Å². The Hall–Kier alpha value is -3.23. The fourth-order valence-corrected chi connectivity index (χ4v) is 2.33. The quantitative estimate of drug-likeness (QED) is 0.790. The van der Waals surface area contributed by atoms with Crippen LogP contribution < -0.4 is 5.32 Å². The lowest BCUT2D eigenvalue weighted by Gasteiger charge is -2.12. The van der Waals surface area contributed by atoms with Crippen molar-refractivity contribution in [1.29, 1.82) is 0 Å². The molecule has 6 nitrogen and oxygen atoms in total. The second-order valence-electron chi connectivity index (χ2n) is 5.19. The van der Waals surface area contributed by atoms with Gasteiger partial charge < -0.3 is 5.32 Å².